The standard InChI is InChI=1S/C12H18Cl2N2.C6H12.C2Cl2N4/c1-4-8(3)6-9(5-2)10-7-11(13)15-16-12(10)14;1-4-6(3)5-2;3-1-5-7-2(4)8-6-1/h4,8-9,16H,1,5-7H2,2-3H3;4,6H,1,5H2,2-3H3;. The molecule has 0 aliphatic carbocycles. The summed E-state index contributed by atoms with van der Waals surface area (Å²) in [6.07, 6.45) is 7.93. The molecule has 0 spiro atoms. The molecule has 0 saturated carbocycles. The Kier molecular flexibility index (Phi) is 15.8. The average Bonchev–Trinajstić information content (AvgIpc) is 2.76. The molecular weight excluding hydrogens is 466 g/mol. The van der Waals surface area contributed by atoms with Crippen molar-refractivity contribution in [2.75, 3.05) is 0 Å². The van der Waals surface area contributed by atoms with Crippen LogP contribution in [0.1, 0.15) is 53.4 Å². The lowest BCUT2D eigenvalue weighted by molar-refractivity contribution is 0.467. The van der Waals surface area contributed by atoms with Crippen LogP contribution in [0.15, 0.2) is 41.1 Å². The van der Waals surface area contributed by atoms with Crippen LogP contribution in [-0.4, -0.2) is 25.6 Å². The molecule has 2 heterocycles. The van der Waals surface area contributed by atoms with E-state index in [1.165, 1.54) is 6.42 Å². The van der Waals surface area contributed by atoms with Crippen LogP contribution in [0.4, 0.5) is 0 Å². The molecular formula is C20H30Cl4N6. The molecule has 3 atom stereocenters. The number of hydrogen-bond acceptors (Lipinski definition) is 6. The summed E-state index contributed by atoms with van der Waals surface area (Å²) in [5.41, 5.74) is 3.93. The second-order valence-electron chi connectivity index (χ2n) is 6.73. The lowest BCUT2D eigenvalue weighted by atomic mass is 9.86. The Morgan fingerprint density at radius 2 is 1.40 bits per heavy atom. The summed E-state index contributed by atoms with van der Waals surface area (Å²) < 4.78 is 0. The van der Waals surface area contributed by atoms with Crippen LogP contribution in [0.3, 0.4) is 0 Å². The third-order valence-electron chi connectivity index (χ3n) is 4.41. The lowest BCUT2D eigenvalue weighted by Gasteiger charge is -2.24. The van der Waals surface area contributed by atoms with Gasteiger partial charge in [0.2, 0.25) is 0 Å². The van der Waals surface area contributed by atoms with Crippen LogP contribution in [0.25, 0.3) is 0 Å². The Labute approximate surface area is 199 Å². The van der Waals surface area contributed by atoms with E-state index >= 15 is 0 Å². The Bertz CT molecular complexity index is 685. The van der Waals surface area contributed by atoms with E-state index in [9.17, 15) is 0 Å². The van der Waals surface area contributed by atoms with E-state index in [0.717, 1.165) is 18.4 Å². The molecule has 0 fully saturated rings. The van der Waals surface area contributed by atoms with Crippen molar-refractivity contribution in [1.29, 1.82) is 0 Å². The zero-order chi connectivity index (χ0) is 23.1. The van der Waals surface area contributed by atoms with Crippen molar-refractivity contribution in [3.05, 3.63) is 46.6 Å². The van der Waals surface area contributed by atoms with Gasteiger partial charge < -0.3 is 0 Å². The van der Waals surface area contributed by atoms with E-state index in [1.54, 1.807) is 0 Å². The van der Waals surface area contributed by atoms with Crippen molar-refractivity contribution < 1.29 is 0 Å². The third kappa shape index (κ3) is 12.5. The smallest absolute Gasteiger partial charge is 0.263 e. The van der Waals surface area contributed by atoms with Crippen LogP contribution in [-0.2, 0) is 0 Å². The van der Waals surface area contributed by atoms with Crippen LogP contribution >= 0.6 is 46.4 Å². The Hall–Kier alpha value is -1.21. The Balaban J connectivity index is 0.000000497. The molecule has 1 aromatic rings. The van der Waals surface area contributed by atoms with Gasteiger partial charge in [-0.1, -0.05) is 69.5 Å². The summed E-state index contributed by atoms with van der Waals surface area (Å²) in [5.74, 6) is 1.63. The molecule has 30 heavy (non-hydrogen) atoms. The molecule has 0 saturated heterocycles. The minimum atomic E-state index is -0.00519. The molecule has 0 bridgehead atoms. The maximum atomic E-state index is 6.13. The monoisotopic (exact) mass is 494 g/mol. The molecule has 1 N–H and O–H groups in total. The summed E-state index contributed by atoms with van der Waals surface area (Å²) in [4.78, 5) is 0. The second-order valence-corrected chi connectivity index (χ2v) is 8.22. The molecule has 168 valence electrons. The van der Waals surface area contributed by atoms with Crippen molar-refractivity contribution in [3.8, 4) is 0 Å². The van der Waals surface area contributed by atoms with E-state index in [4.69, 9.17) is 46.4 Å². The van der Waals surface area contributed by atoms with Crippen molar-refractivity contribution in [2.24, 2.45) is 22.9 Å². The maximum absolute atomic E-state index is 6.13. The van der Waals surface area contributed by atoms with Gasteiger partial charge in [-0.15, -0.1) is 33.6 Å². The van der Waals surface area contributed by atoms with E-state index in [2.05, 4.69) is 71.8 Å². The summed E-state index contributed by atoms with van der Waals surface area (Å²) in [6.45, 7) is 16.1. The van der Waals surface area contributed by atoms with Gasteiger partial charge in [-0.2, -0.15) is 5.10 Å². The van der Waals surface area contributed by atoms with Crippen LogP contribution in [0, 0.1) is 17.8 Å². The largest absolute Gasteiger partial charge is 0.266 e. The topological polar surface area (TPSA) is 76.0 Å². The van der Waals surface area contributed by atoms with Gasteiger partial charge in [-0.05, 0) is 59.4 Å². The van der Waals surface area contributed by atoms with Gasteiger partial charge in [-0.25, -0.2) is 0 Å². The van der Waals surface area contributed by atoms with E-state index < -0.39 is 0 Å². The number of aromatic nitrogens is 4. The SMILES string of the molecule is C=CC(C)CC.C=CC(C)CC(CC)C1=C(Cl)NN=C(Cl)C1.Clc1nnc(Cl)nn1. The number of rotatable bonds is 7. The van der Waals surface area contributed by atoms with E-state index in [-0.39, 0.29) is 10.6 Å². The first-order valence-corrected chi connectivity index (χ1v) is 11.2. The first kappa shape index (κ1) is 28.8. The highest BCUT2D eigenvalue weighted by atomic mass is 35.5. The van der Waals surface area contributed by atoms with Crippen LogP contribution in [0.2, 0.25) is 10.6 Å². The van der Waals surface area contributed by atoms with Gasteiger partial charge in [0, 0.05) is 6.42 Å². The number of nitrogens with zero attached hydrogens (tertiary/aromatic N) is 5. The summed E-state index contributed by atoms with van der Waals surface area (Å²) >= 11 is 22.5. The summed E-state index contributed by atoms with van der Waals surface area (Å²) in [6, 6.07) is 0. The molecule has 0 radical (unpaired) electrons. The van der Waals surface area contributed by atoms with Crippen molar-refractivity contribution in [1.82, 2.24) is 25.8 Å². The van der Waals surface area contributed by atoms with Gasteiger partial charge >= 0.3 is 0 Å². The van der Waals surface area contributed by atoms with Gasteiger partial charge in [-0.3, -0.25) is 5.43 Å². The normalized spacial score (nSPS) is 15.8. The van der Waals surface area contributed by atoms with Gasteiger partial charge in [0.05, 0.1) is 0 Å². The summed E-state index contributed by atoms with van der Waals surface area (Å²) in [5, 5.41) is 18.2. The zero-order valence-electron chi connectivity index (χ0n) is 17.9. The minimum Gasteiger partial charge on any atom is -0.266 e. The fourth-order valence-electron chi connectivity index (χ4n) is 2.25. The predicted octanol–water partition coefficient (Wildman–Crippen LogP) is 7.01. The number of hydrazone groups is 1. The average molecular weight is 496 g/mol. The third-order valence-corrected chi connectivity index (χ3v) is 5.26. The number of allylic oxidation sites excluding steroid dienone is 3. The number of halogens is 4. The van der Waals surface area contributed by atoms with Gasteiger partial charge in [0.25, 0.3) is 10.6 Å². The van der Waals surface area contributed by atoms with Crippen LogP contribution < -0.4 is 5.43 Å². The minimum absolute atomic E-state index is 0.00519. The Morgan fingerprint density at radius 1 is 0.900 bits per heavy atom. The van der Waals surface area contributed by atoms with Gasteiger partial charge in [0.1, 0.15) is 10.3 Å². The molecule has 2 rings (SSSR count). The number of hydrogen-bond donors (Lipinski definition) is 1. The van der Waals surface area contributed by atoms with Gasteiger partial charge in [0.15, 0.2) is 0 Å². The fourth-order valence-corrected chi connectivity index (χ4v) is 2.85. The first-order valence-electron chi connectivity index (χ1n) is 9.68. The lowest BCUT2D eigenvalue weighted by Crippen LogP contribution is -2.19. The quantitative estimate of drug-likeness (QED) is 0.325. The van der Waals surface area contributed by atoms with E-state index in [1.807, 2.05) is 12.2 Å². The van der Waals surface area contributed by atoms with E-state index in [0.29, 0.717) is 34.5 Å². The highest BCUT2D eigenvalue weighted by Gasteiger charge is 2.22. The highest BCUT2D eigenvalue weighted by molar-refractivity contribution is 6.65. The predicted molar refractivity (Wildman–Crippen MR) is 129 cm³/mol. The summed E-state index contributed by atoms with van der Waals surface area (Å²) in [7, 11) is 0. The molecule has 0 aromatic carbocycles. The van der Waals surface area contributed by atoms with Crippen molar-refractivity contribution in [2.45, 2.75) is 53.4 Å². The molecule has 1 aliphatic rings. The molecule has 10 heteroatoms. The van der Waals surface area contributed by atoms with Crippen molar-refractivity contribution >= 4 is 51.6 Å². The molecule has 1 aliphatic heterocycles. The van der Waals surface area contributed by atoms with Crippen LogP contribution in [0.5, 0.6) is 0 Å². The maximum Gasteiger partial charge on any atom is 0.263 e. The molecule has 0 amide bonds. The molecule has 3 unspecified atom stereocenters. The Morgan fingerprint density at radius 3 is 1.77 bits per heavy atom. The molecule has 1 aromatic heterocycles. The zero-order valence-corrected chi connectivity index (χ0v) is 20.9. The number of nitrogens with one attached hydrogen (secondary N) is 1. The second kappa shape index (κ2) is 16.5. The highest BCUT2D eigenvalue weighted by Crippen LogP contribution is 2.31. The fraction of sp³-hybridized carbons (Fsp3) is 0.550. The molecule has 6 nitrogen and oxygen atoms in total. The van der Waals surface area contributed by atoms with Crippen molar-refractivity contribution in [3.63, 3.8) is 0 Å². The first-order chi connectivity index (χ1) is 14.2.